The van der Waals surface area contributed by atoms with Crippen LogP contribution < -0.4 is 4.74 Å². The molecule has 1 atom stereocenters. The zero-order valence-electron chi connectivity index (χ0n) is 8.65. The minimum Gasteiger partial charge on any atom is -0.465 e. The van der Waals surface area contributed by atoms with Gasteiger partial charge in [-0.25, -0.2) is 0 Å². The number of hydrogen-bond acceptors (Lipinski definition) is 2. The van der Waals surface area contributed by atoms with E-state index in [1.807, 2.05) is 24.3 Å². The topological polar surface area (TPSA) is 18.5 Å². The van der Waals surface area contributed by atoms with E-state index in [1.165, 1.54) is 17.8 Å². The summed E-state index contributed by atoms with van der Waals surface area (Å²) in [5.41, 5.74) is 0. The maximum atomic E-state index is 5.70. The fourth-order valence-electron chi connectivity index (χ4n) is 1.57. The summed E-state index contributed by atoms with van der Waals surface area (Å²) >= 11 is 1.49. The summed E-state index contributed by atoms with van der Waals surface area (Å²) in [4.78, 5) is 1.15. The maximum absolute atomic E-state index is 5.70. The lowest BCUT2D eigenvalue weighted by Gasteiger charge is -2.23. The largest absolute Gasteiger partial charge is 0.465 e. The van der Waals surface area contributed by atoms with Crippen molar-refractivity contribution in [2.24, 2.45) is 0 Å². The summed E-state index contributed by atoms with van der Waals surface area (Å²) < 4.78 is 11.2. The van der Waals surface area contributed by atoms with E-state index in [0.29, 0.717) is 0 Å². The molecule has 1 aromatic rings. The van der Waals surface area contributed by atoms with E-state index in [-0.39, 0.29) is 6.29 Å². The van der Waals surface area contributed by atoms with Crippen molar-refractivity contribution in [1.82, 2.24) is 0 Å². The van der Waals surface area contributed by atoms with Crippen LogP contribution in [0.15, 0.2) is 29.2 Å². The average Bonchev–Trinajstić information content (AvgIpc) is 2.31. The first-order valence-electron chi connectivity index (χ1n) is 5.19. The van der Waals surface area contributed by atoms with Crippen molar-refractivity contribution in [1.29, 1.82) is 0 Å². The third-order valence-corrected chi connectivity index (χ3v) is 3.00. The molecule has 0 radical (unpaired) electrons. The Kier molecular flexibility index (Phi) is 3.69. The number of hydrogen-bond donors (Lipinski definition) is 0. The molecule has 0 saturated carbocycles. The molecular weight excluding hydrogens is 208 g/mol. The predicted molar refractivity (Wildman–Crippen MR) is 63.4 cm³/mol. The highest BCUT2D eigenvalue weighted by atomic mass is 32.1. The van der Waals surface area contributed by atoms with Crippen LogP contribution in [0.1, 0.15) is 19.3 Å². The van der Waals surface area contributed by atoms with Crippen molar-refractivity contribution in [3.8, 4) is 5.75 Å². The van der Waals surface area contributed by atoms with Crippen LogP contribution in [0.4, 0.5) is 0 Å². The summed E-state index contributed by atoms with van der Waals surface area (Å²) in [5, 5.41) is 0. The smallest absolute Gasteiger partial charge is 0.230 e. The Hall–Kier alpha value is -0.930. The van der Waals surface area contributed by atoms with Gasteiger partial charge >= 0.3 is 0 Å². The summed E-state index contributed by atoms with van der Waals surface area (Å²) in [6.07, 6.45) is 3.28. The summed E-state index contributed by atoms with van der Waals surface area (Å²) in [6.45, 7) is 0.817. The minimum absolute atomic E-state index is 0.0583. The molecule has 1 saturated heterocycles. The van der Waals surface area contributed by atoms with Crippen molar-refractivity contribution in [2.75, 3.05) is 6.61 Å². The van der Waals surface area contributed by atoms with Crippen LogP contribution in [0.25, 0.3) is 0 Å². The van der Waals surface area contributed by atoms with E-state index in [1.54, 1.807) is 0 Å². The van der Waals surface area contributed by atoms with Crippen LogP contribution in [-0.4, -0.2) is 18.8 Å². The van der Waals surface area contributed by atoms with Crippen LogP contribution in [0.3, 0.4) is 0 Å². The minimum atomic E-state index is -0.0583. The van der Waals surface area contributed by atoms with E-state index >= 15 is 0 Å². The van der Waals surface area contributed by atoms with E-state index in [4.69, 9.17) is 9.47 Å². The standard InChI is InChI=1S/C12H15O2S/c1-15-11-7-5-10(6-8-11)14-12-4-2-3-9-13-12/h5-8,12H,1-4,9H2/q+1. The Morgan fingerprint density at radius 3 is 2.67 bits per heavy atom. The number of rotatable bonds is 3. The Bertz CT molecular complexity index is 315. The van der Waals surface area contributed by atoms with Crippen LogP contribution in [0, 0.1) is 0 Å². The lowest BCUT2D eigenvalue weighted by Crippen LogP contribution is -2.24. The van der Waals surface area contributed by atoms with Gasteiger partial charge in [0.05, 0.1) is 6.61 Å². The molecule has 15 heavy (non-hydrogen) atoms. The van der Waals surface area contributed by atoms with E-state index in [2.05, 4.69) is 5.87 Å². The highest BCUT2D eigenvalue weighted by Gasteiger charge is 2.15. The van der Waals surface area contributed by atoms with E-state index in [9.17, 15) is 0 Å². The van der Waals surface area contributed by atoms with Gasteiger partial charge in [-0.15, -0.1) is 0 Å². The Labute approximate surface area is 94.2 Å². The second kappa shape index (κ2) is 5.24. The lowest BCUT2D eigenvalue weighted by molar-refractivity contribution is -0.105. The van der Waals surface area contributed by atoms with Gasteiger partial charge in [0, 0.05) is 18.6 Å². The predicted octanol–water partition coefficient (Wildman–Crippen LogP) is 2.47. The first-order chi connectivity index (χ1) is 7.38. The van der Waals surface area contributed by atoms with Crippen LogP contribution in [0.5, 0.6) is 5.75 Å². The fraction of sp³-hybridized carbons (Fsp3) is 0.417. The Morgan fingerprint density at radius 1 is 1.27 bits per heavy atom. The van der Waals surface area contributed by atoms with Crippen LogP contribution in [-0.2, 0) is 16.1 Å². The second-order valence-electron chi connectivity index (χ2n) is 3.53. The molecule has 0 aliphatic carbocycles. The van der Waals surface area contributed by atoms with Gasteiger partial charge in [0.2, 0.25) is 16.2 Å². The molecule has 1 fully saturated rings. The quantitative estimate of drug-likeness (QED) is 0.579. The highest BCUT2D eigenvalue weighted by Crippen LogP contribution is 2.19. The fourth-order valence-corrected chi connectivity index (χ4v) is 1.90. The second-order valence-corrected chi connectivity index (χ2v) is 4.29. The molecule has 0 N–H and O–H groups in total. The third kappa shape index (κ3) is 3.01. The van der Waals surface area contributed by atoms with Crippen LogP contribution >= 0.6 is 0 Å². The van der Waals surface area contributed by atoms with Gasteiger partial charge < -0.3 is 9.47 Å². The van der Waals surface area contributed by atoms with Gasteiger partial charge in [-0.2, -0.15) is 0 Å². The van der Waals surface area contributed by atoms with E-state index in [0.717, 1.165) is 30.1 Å². The van der Waals surface area contributed by atoms with E-state index < -0.39 is 0 Å². The van der Waals surface area contributed by atoms with Crippen molar-refractivity contribution >= 4 is 17.2 Å². The van der Waals surface area contributed by atoms with Crippen molar-refractivity contribution in [3.05, 3.63) is 24.3 Å². The molecule has 2 rings (SSSR count). The number of ether oxygens (including phenoxy) is 2. The van der Waals surface area contributed by atoms with Crippen molar-refractivity contribution in [2.45, 2.75) is 30.4 Å². The molecule has 3 heteroatoms. The molecule has 0 spiro atoms. The number of benzene rings is 1. The van der Waals surface area contributed by atoms with Crippen LogP contribution in [0.2, 0.25) is 0 Å². The third-order valence-electron chi connectivity index (χ3n) is 2.40. The van der Waals surface area contributed by atoms with Gasteiger partial charge in [0.15, 0.2) is 12.2 Å². The SMILES string of the molecule is C=[S+]c1ccc(OC2CCCCO2)cc1. The highest BCUT2D eigenvalue weighted by molar-refractivity contribution is 7.76. The average molecular weight is 223 g/mol. The molecule has 1 aromatic carbocycles. The molecule has 1 aliphatic heterocycles. The van der Waals surface area contributed by atoms with Gasteiger partial charge in [-0.3, -0.25) is 0 Å². The normalized spacial score (nSPS) is 20.9. The van der Waals surface area contributed by atoms with Crippen molar-refractivity contribution < 1.29 is 9.47 Å². The molecular formula is C12H15O2S+. The molecule has 0 amide bonds. The molecule has 1 heterocycles. The summed E-state index contributed by atoms with van der Waals surface area (Å²) in [5.74, 6) is 4.63. The molecule has 0 bridgehead atoms. The molecule has 1 unspecified atom stereocenters. The monoisotopic (exact) mass is 223 g/mol. The van der Waals surface area contributed by atoms with Gasteiger partial charge in [0.1, 0.15) is 5.75 Å². The zero-order valence-corrected chi connectivity index (χ0v) is 9.46. The Morgan fingerprint density at radius 2 is 2.07 bits per heavy atom. The van der Waals surface area contributed by atoms with Gasteiger partial charge in [0.25, 0.3) is 0 Å². The first-order valence-corrected chi connectivity index (χ1v) is 6.17. The lowest BCUT2D eigenvalue weighted by atomic mass is 10.2. The molecule has 2 nitrogen and oxygen atoms in total. The van der Waals surface area contributed by atoms with Crippen molar-refractivity contribution in [3.63, 3.8) is 0 Å². The zero-order chi connectivity index (χ0) is 10.5. The summed E-state index contributed by atoms with van der Waals surface area (Å²) in [6, 6.07) is 7.95. The molecule has 1 aliphatic rings. The van der Waals surface area contributed by atoms with Gasteiger partial charge in [-0.05, 0) is 25.0 Å². The molecule has 80 valence electrons. The molecule has 0 aromatic heterocycles. The van der Waals surface area contributed by atoms with Gasteiger partial charge in [-0.1, -0.05) is 0 Å². The first kappa shape index (κ1) is 10.6. The Balaban J connectivity index is 1.94. The summed E-state index contributed by atoms with van der Waals surface area (Å²) in [7, 11) is 0. The maximum Gasteiger partial charge on any atom is 0.230 e.